The first-order valence-electron chi connectivity index (χ1n) is 9.75. The van der Waals surface area contributed by atoms with Gasteiger partial charge in [-0.15, -0.1) is 0 Å². The summed E-state index contributed by atoms with van der Waals surface area (Å²) in [4.78, 5) is 12.6. The number of rotatable bonds is 5. The Morgan fingerprint density at radius 1 is 0.870 bits per heavy atom. The van der Waals surface area contributed by atoms with Crippen molar-refractivity contribution in [2.75, 3.05) is 0 Å². The van der Waals surface area contributed by atoms with E-state index in [0.717, 1.165) is 0 Å². The summed E-state index contributed by atoms with van der Waals surface area (Å²) in [5.74, 6) is 0.969. The molecule has 2 aliphatic rings. The second-order valence-electron chi connectivity index (χ2n) is 8.57. The number of hydrogen-bond donors (Lipinski definition) is 0. The first kappa shape index (κ1) is 18.8. The highest BCUT2D eigenvalue weighted by Gasteiger charge is 2.35. The van der Waals surface area contributed by atoms with Gasteiger partial charge in [0.05, 0.1) is 5.60 Å². The van der Waals surface area contributed by atoms with Gasteiger partial charge < -0.3 is 9.47 Å². The zero-order chi connectivity index (χ0) is 16.9. The minimum absolute atomic E-state index is 0.120. The zero-order valence-corrected chi connectivity index (χ0v) is 15.6. The first-order chi connectivity index (χ1) is 10.9. The molecule has 23 heavy (non-hydrogen) atoms. The fourth-order valence-corrected chi connectivity index (χ4v) is 4.31. The van der Waals surface area contributed by atoms with Crippen molar-refractivity contribution in [3.8, 4) is 0 Å². The third-order valence-corrected chi connectivity index (χ3v) is 5.34. The van der Waals surface area contributed by atoms with Crippen molar-refractivity contribution in [1.82, 2.24) is 0 Å². The maximum atomic E-state index is 12.6. The molecule has 1 atom stereocenters. The summed E-state index contributed by atoms with van der Waals surface area (Å²) in [6.45, 7) is 7.77. The van der Waals surface area contributed by atoms with Crippen LogP contribution in [0.2, 0.25) is 0 Å². The lowest BCUT2D eigenvalue weighted by Crippen LogP contribution is -2.40. The van der Waals surface area contributed by atoms with Gasteiger partial charge in [-0.2, -0.15) is 0 Å². The molecule has 0 aliphatic heterocycles. The molecule has 0 spiro atoms. The maximum Gasteiger partial charge on any atom is 0.335 e. The highest BCUT2D eigenvalue weighted by molar-refractivity contribution is 5.74. The molecule has 134 valence electrons. The SMILES string of the molecule is CC(OC(C)(C)C)C(=O)OC(C1CCCCC1)C1CCCCC1. The molecule has 0 heterocycles. The minimum Gasteiger partial charge on any atom is -0.460 e. The normalized spacial score (nSPS) is 23.0. The van der Waals surface area contributed by atoms with E-state index in [9.17, 15) is 4.79 Å². The van der Waals surface area contributed by atoms with Crippen LogP contribution in [0.15, 0.2) is 0 Å². The largest absolute Gasteiger partial charge is 0.460 e. The number of hydrogen-bond acceptors (Lipinski definition) is 3. The van der Waals surface area contributed by atoms with Crippen LogP contribution < -0.4 is 0 Å². The zero-order valence-electron chi connectivity index (χ0n) is 15.6. The molecular weight excluding hydrogens is 288 g/mol. The summed E-state index contributed by atoms with van der Waals surface area (Å²) in [7, 11) is 0. The highest BCUT2D eigenvalue weighted by Crippen LogP contribution is 2.37. The van der Waals surface area contributed by atoms with Crippen molar-refractivity contribution in [1.29, 1.82) is 0 Å². The van der Waals surface area contributed by atoms with Crippen LogP contribution in [0.1, 0.15) is 91.9 Å². The lowest BCUT2D eigenvalue weighted by molar-refractivity contribution is -0.177. The van der Waals surface area contributed by atoms with Crippen molar-refractivity contribution in [2.45, 2.75) is 110 Å². The van der Waals surface area contributed by atoms with Gasteiger partial charge in [-0.05, 0) is 65.2 Å². The molecule has 0 bridgehead atoms. The Morgan fingerprint density at radius 3 is 1.70 bits per heavy atom. The van der Waals surface area contributed by atoms with Crippen molar-refractivity contribution < 1.29 is 14.3 Å². The van der Waals surface area contributed by atoms with E-state index in [1.54, 1.807) is 0 Å². The number of ether oxygens (including phenoxy) is 2. The van der Waals surface area contributed by atoms with Crippen molar-refractivity contribution in [3.05, 3.63) is 0 Å². The van der Waals surface area contributed by atoms with E-state index in [1.807, 2.05) is 27.7 Å². The summed E-state index contributed by atoms with van der Waals surface area (Å²) >= 11 is 0. The van der Waals surface area contributed by atoms with Crippen LogP contribution in [0.5, 0.6) is 0 Å². The predicted molar refractivity (Wildman–Crippen MR) is 93.3 cm³/mol. The molecule has 0 radical (unpaired) electrons. The fourth-order valence-electron chi connectivity index (χ4n) is 4.31. The molecule has 0 amide bonds. The molecular formula is C20H36O3. The summed E-state index contributed by atoms with van der Waals surface area (Å²) < 4.78 is 11.9. The lowest BCUT2D eigenvalue weighted by atomic mass is 9.75. The second kappa shape index (κ2) is 8.50. The molecule has 0 aromatic carbocycles. The predicted octanol–water partition coefficient (Wildman–Crippen LogP) is 5.26. The van der Waals surface area contributed by atoms with Crippen molar-refractivity contribution in [3.63, 3.8) is 0 Å². The van der Waals surface area contributed by atoms with Crippen molar-refractivity contribution in [2.24, 2.45) is 11.8 Å². The Kier molecular flexibility index (Phi) is 6.94. The molecule has 3 heteroatoms. The summed E-state index contributed by atoms with van der Waals surface area (Å²) in [6, 6.07) is 0. The van der Waals surface area contributed by atoms with Gasteiger partial charge >= 0.3 is 5.97 Å². The average Bonchev–Trinajstić information content (AvgIpc) is 2.52. The summed E-state index contributed by atoms with van der Waals surface area (Å²) in [5.41, 5.74) is -0.316. The van der Waals surface area contributed by atoms with E-state index in [4.69, 9.17) is 9.47 Å². The van der Waals surface area contributed by atoms with Crippen LogP contribution in [0.4, 0.5) is 0 Å². The van der Waals surface area contributed by atoms with Gasteiger partial charge in [-0.3, -0.25) is 0 Å². The number of carbonyl (C=O) groups excluding carboxylic acids is 1. The van der Waals surface area contributed by atoms with Gasteiger partial charge in [0, 0.05) is 0 Å². The molecule has 2 rings (SSSR count). The Balaban J connectivity index is 1.99. The van der Waals surface area contributed by atoms with Gasteiger partial charge in [0.15, 0.2) is 6.10 Å². The Labute approximate surface area is 142 Å². The van der Waals surface area contributed by atoms with Gasteiger partial charge in [0.1, 0.15) is 6.10 Å². The van der Waals surface area contributed by atoms with Crippen LogP contribution >= 0.6 is 0 Å². The van der Waals surface area contributed by atoms with E-state index < -0.39 is 6.10 Å². The highest BCUT2D eigenvalue weighted by atomic mass is 16.6. The molecule has 0 saturated heterocycles. The first-order valence-corrected chi connectivity index (χ1v) is 9.75. The van der Waals surface area contributed by atoms with E-state index in [0.29, 0.717) is 11.8 Å². The Bertz CT molecular complexity index is 342. The molecule has 0 aromatic heterocycles. The second-order valence-corrected chi connectivity index (χ2v) is 8.57. The number of esters is 1. The Hall–Kier alpha value is -0.570. The summed E-state index contributed by atoms with van der Waals surface area (Å²) in [5, 5.41) is 0. The molecule has 2 aliphatic carbocycles. The van der Waals surface area contributed by atoms with Crippen LogP contribution in [-0.2, 0) is 14.3 Å². The molecule has 0 N–H and O–H groups in total. The standard InChI is InChI=1S/C20H36O3/c1-15(23-20(2,3)4)19(21)22-18(16-11-7-5-8-12-16)17-13-9-6-10-14-17/h15-18H,5-14H2,1-4H3. The van der Waals surface area contributed by atoms with Crippen LogP contribution in [0, 0.1) is 11.8 Å². The van der Waals surface area contributed by atoms with Gasteiger partial charge in [-0.25, -0.2) is 4.79 Å². The Morgan fingerprint density at radius 2 is 1.30 bits per heavy atom. The van der Waals surface area contributed by atoms with E-state index in [1.165, 1.54) is 64.2 Å². The topological polar surface area (TPSA) is 35.5 Å². The van der Waals surface area contributed by atoms with Crippen LogP contribution in [-0.4, -0.2) is 23.8 Å². The van der Waals surface area contributed by atoms with Crippen LogP contribution in [0.3, 0.4) is 0 Å². The summed E-state index contributed by atoms with van der Waals surface area (Å²) in [6.07, 6.45) is 12.4. The molecule has 2 fully saturated rings. The maximum absolute atomic E-state index is 12.6. The lowest BCUT2D eigenvalue weighted by Gasteiger charge is -2.38. The van der Waals surface area contributed by atoms with Gasteiger partial charge in [0.25, 0.3) is 0 Å². The van der Waals surface area contributed by atoms with Gasteiger partial charge in [-0.1, -0.05) is 38.5 Å². The molecule has 2 saturated carbocycles. The van der Waals surface area contributed by atoms with E-state index in [-0.39, 0.29) is 17.7 Å². The fraction of sp³-hybridized carbons (Fsp3) is 0.950. The van der Waals surface area contributed by atoms with Crippen LogP contribution in [0.25, 0.3) is 0 Å². The van der Waals surface area contributed by atoms with E-state index >= 15 is 0 Å². The van der Waals surface area contributed by atoms with E-state index in [2.05, 4.69) is 0 Å². The molecule has 3 nitrogen and oxygen atoms in total. The number of carbonyl (C=O) groups is 1. The van der Waals surface area contributed by atoms with Crippen molar-refractivity contribution >= 4 is 5.97 Å². The molecule has 0 aromatic rings. The van der Waals surface area contributed by atoms with Gasteiger partial charge in [0.2, 0.25) is 0 Å². The average molecular weight is 325 g/mol. The minimum atomic E-state index is -0.482. The monoisotopic (exact) mass is 324 g/mol. The molecule has 1 unspecified atom stereocenters. The third kappa shape index (κ3) is 6.10. The smallest absolute Gasteiger partial charge is 0.335 e. The third-order valence-electron chi connectivity index (χ3n) is 5.34. The quantitative estimate of drug-likeness (QED) is 0.647.